The number of hydrogen-bond donors (Lipinski definition) is 1. The quantitative estimate of drug-likeness (QED) is 0.835. The zero-order valence-corrected chi connectivity index (χ0v) is 12.4. The Morgan fingerprint density at radius 2 is 1.67 bits per heavy atom. The minimum Gasteiger partial charge on any atom is -0.387 e. The minimum absolute atomic E-state index is 0.153. The second-order valence-corrected chi connectivity index (χ2v) is 5.58. The fraction of sp³-hybridized carbons (Fsp3) is 0.625. The number of hydrogen-bond acceptors (Lipinski definition) is 2. The first-order valence-corrected chi connectivity index (χ1v) is 6.94. The van der Waals surface area contributed by atoms with Gasteiger partial charge < -0.3 is 5.11 Å². The molecule has 0 amide bonds. The Morgan fingerprint density at radius 1 is 1.11 bits per heavy atom. The second-order valence-electron chi connectivity index (χ2n) is 5.58. The standard InChI is InChI=1S/C16H27NO/c1-6-17(11-12(2)3)14(5)16(18)15-9-7-13(4)8-10-15/h7-10,12,14,16,18H,6,11H2,1-5H3. The minimum atomic E-state index is -0.413. The number of aliphatic hydroxyl groups excluding tert-OH is 1. The molecule has 0 aliphatic heterocycles. The molecule has 0 aromatic heterocycles. The van der Waals surface area contributed by atoms with Crippen molar-refractivity contribution in [1.29, 1.82) is 0 Å². The van der Waals surface area contributed by atoms with Crippen molar-refractivity contribution in [2.45, 2.75) is 46.8 Å². The van der Waals surface area contributed by atoms with E-state index in [1.165, 1.54) is 5.56 Å². The van der Waals surface area contributed by atoms with Crippen molar-refractivity contribution >= 4 is 0 Å². The predicted molar refractivity (Wildman–Crippen MR) is 77.7 cm³/mol. The normalized spacial score (nSPS) is 15.1. The van der Waals surface area contributed by atoms with Crippen molar-refractivity contribution in [3.8, 4) is 0 Å². The van der Waals surface area contributed by atoms with Crippen LogP contribution in [0.4, 0.5) is 0 Å². The van der Waals surface area contributed by atoms with Gasteiger partial charge in [0.2, 0.25) is 0 Å². The molecule has 0 aliphatic carbocycles. The Labute approximate surface area is 112 Å². The largest absolute Gasteiger partial charge is 0.387 e. The van der Waals surface area contributed by atoms with E-state index in [2.05, 4.69) is 51.7 Å². The van der Waals surface area contributed by atoms with Gasteiger partial charge in [-0.15, -0.1) is 0 Å². The Hall–Kier alpha value is -0.860. The highest BCUT2D eigenvalue weighted by atomic mass is 16.3. The molecule has 1 aromatic rings. The third-order valence-corrected chi connectivity index (χ3v) is 3.46. The third kappa shape index (κ3) is 4.11. The van der Waals surface area contributed by atoms with Crippen molar-refractivity contribution in [3.63, 3.8) is 0 Å². The van der Waals surface area contributed by atoms with E-state index in [-0.39, 0.29) is 6.04 Å². The number of likely N-dealkylation sites (N-methyl/N-ethyl adjacent to an activating group) is 1. The summed E-state index contributed by atoms with van der Waals surface area (Å²) in [7, 11) is 0. The van der Waals surface area contributed by atoms with Gasteiger partial charge in [-0.25, -0.2) is 0 Å². The molecule has 0 radical (unpaired) electrons. The molecule has 0 fully saturated rings. The molecule has 0 heterocycles. The third-order valence-electron chi connectivity index (χ3n) is 3.46. The first-order valence-electron chi connectivity index (χ1n) is 6.94. The van der Waals surface area contributed by atoms with Gasteiger partial charge in [-0.2, -0.15) is 0 Å². The summed E-state index contributed by atoms with van der Waals surface area (Å²) in [5.74, 6) is 0.623. The molecule has 0 saturated heterocycles. The number of benzene rings is 1. The maximum Gasteiger partial charge on any atom is 0.0942 e. The van der Waals surface area contributed by atoms with Gasteiger partial charge in [0.1, 0.15) is 0 Å². The van der Waals surface area contributed by atoms with Crippen LogP contribution in [0.1, 0.15) is 44.9 Å². The maximum atomic E-state index is 10.5. The summed E-state index contributed by atoms with van der Waals surface area (Å²) in [5, 5.41) is 10.5. The van der Waals surface area contributed by atoms with Crippen molar-refractivity contribution < 1.29 is 5.11 Å². The molecule has 102 valence electrons. The zero-order chi connectivity index (χ0) is 13.7. The predicted octanol–water partition coefficient (Wildman–Crippen LogP) is 3.39. The molecule has 2 unspecified atom stereocenters. The van der Waals surface area contributed by atoms with Crippen LogP contribution in [0.3, 0.4) is 0 Å². The average Bonchev–Trinajstić information content (AvgIpc) is 2.35. The lowest BCUT2D eigenvalue weighted by Crippen LogP contribution is -2.39. The molecule has 1 aromatic carbocycles. The smallest absolute Gasteiger partial charge is 0.0942 e. The maximum absolute atomic E-state index is 10.5. The van der Waals surface area contributed by atoms with Crippen molar-refractivity contribution in [3.05, 3.63) is 35.4 Å². The van der Waals surface area contributed by atoms with Gasteiger partial charge in [0.15, 0.2) is 0 Å². The fourth-order valence-electron chi connectivity index (χ4n) is 2.29. The number of aryl methyl sites for hydroxylation is 1. The lowest BCUT2D eigenvalue weighted by Gasteiger charge is -2.32. The number of nitrogens with zero attached hydrogens (tertiary/aromatic N) is 1. The zero-order valence-electron chi connectivity index (χ0n) is 12.4. The first-order chi connectivity index (χ1) is 8.45. The lowest BCUT2D eigenvalue weighted by molar-refractivity contribution is 0.0544. The van der Waals surface area contributed by atoms with E-state index in [9.17, 15) is 5.11 Å². The lowest BCUT2D eigenvalue weighted by atomic mass is 10.0. The molecular formula is C16H27NO. The van der Waals surface area contributed by atoms with E-state index in [0.717, 1.165) is 18.7 Å². The molecular weight excluding hydrogens is 222 g/mol. The molecule has 1 rings (SSSR count). The van der Waals surface area contributed by atoms with Gasteiger partial charge in [-0.05, 0) is 31.9 Å². The highest BCUT2D eigenvalue weighted by molar-refractivity contribution is 5.24. The topological polar surface area (TPSA) is 23.5 Å². The summed E-state index contributed by atoms with van der Waals surface area (Å²) < 4.78 is 0. The molecule has 2 heteroatoms. The molecule has 0 aliphatic rings. The van der Waals surface area contributed by atoms with Gasteiger partial charge in [-0.1, -0.05) is 50.6 Å². The van der Waals surface area contributed by atoms with Crippen molar-refractivity contribution in [2.24, 2.45) is 5.92 Å². The average molecular weight is 249 g/mol. The Kier molecular flexibility index (Phi) is 5.83. The van der Waals surface area contributed by atoms with E-state index in [4.69, 9.17) is 0 Å². The van der Waals surface area contributed by atoms with Crippen LogP contribution in [0.15, 0.2) is 24.3 Å². The Bertz CT molecular complexity index is 345. The van der Waals surface area contributed by atoms with Crippen LogP contribution >= 0.6 is 0 Å². The van der Waals surface area contributed by atoms with Crippen LogP contribution in [0.2, 0.25) is 0 Å². The van der Waals surface area contributed by atoms with E-state index in [1.54, 1.807) is 0 Å². The molecule has 0 spiro atoms. The summed E-state index contributed by atoms with van der Waals surface area (Å²) in [6.45, 7) is 12.8. The van der Waals surface area contributed by atoms with Gasteiger partial charge >= 0.3 is 0 Å². The van der Waals surface area contributed by atoms with E-state index in [1.807, 2.05) is 12.1 Å². The van der Waals surface area contributed by atoms with Gasteiger partial charge in [0.25, 0.3) is 0 Å². The van der Waals surface area contributed by atoms with Crippen LogP contribution in [0, 0.1) is 12.8 Å². The summed E-state index contributed by atoms with van der Waals surface area (Å²) >= 11 is 0. The summed E-state index contributed by atoms with van der Waals surface area (Å²) in [4.78, 5) is 2.34. The van der Waals surface area contributed by atoms with Crippen LogP contribution in [0.5, 0.6) is 0 Å². The van der Waals surface area contributed by atoms with E-state index >= 15 is 0 Å². The highest BCUT2D eigenvalue weighted by Gasteiger charge is 2.22. The van der Waals surface area contributed by atoms with Crippen molar-refractivity contribution in [1.82, 2.24) is 4.90 Å². The SMILES string of the molecule is CCN(CC(C)C)C(C)C(O)c1ccc(C)cc1. The summed E-state index contributed by atoms with van der Waals surface area (Å²) in [6.07, 6.45) is -0.413. The first kappa shape index (κ1) is 15.2. The molecule has 0 saturated carbocycles. The number of aliphatic hydroxyl groups is 1. The van der Waals surface area contributed by atoms with Crippen LogP contribution < -0.4 is 0 Å². The van der Waals surface area contributed by atoms with Gasteiger partial charge in [-0.3, -0.25) is 4.90 Å². The molecule has 1 N–H and O–H groups in total. The van der Waals surface area contributed by atoms with Crippen LogP contribution in [-0.4, -0.2) is 29.1 Å². The monoisotopic (exact) mass is 249 g/mol. The van der Waals surface area contributed by atoms with Crippen LogP contribution in [-0.2, 0) is 0 Å². The summed E-state index contributed by atoms with van der Waals surface area (Å²) in [5.41, 5.74) is 2.24. The molecule has 2 atom stereocenters. The van der Waals surface area contributed by atoms with Gasteiger partial charge in [0, 0.05) is 12.6 Å². The number of rotatable bonds is 6. The Morgan fingerprint density at radius 3 is 2.11 bits per heavy atom. The van der Waals surface area contributed by atoms with E-state index < -0.39 is 6.10 Å². The fourth-order valence-corrected chi connectivity index (χ4v) is 2.29. The van der Waals surface area contributed by atoms with Crippen LogP contribution in [0.25, 0.3) is 0 Å². The highest BCUT2D eigenvalue weighted by Crippen LogP contribution is 2.21. The molecule has 0 bridgehead atoms. The second kappa shape index (κ2) is 6.91. The van der Waals surface area contributed by atoms with Crippen molar-refractivity contribution in [2.75, 3.05) is 13.1 Å². The van der Waals surface area contributed by atoms with E-state index in [0.29, 0.717) is 5.92 Å². The van der Waals surface area contributed by atoms with Gasteiger partial charge in [0.05, 0.1) is 6.10 Å². The Balaban J connectivity index is 2.75. The summed E-state index contributed by atoms with van der Waals surface area (Å²) in [6, 6.07) is 8.33. The molecule has 18 heavy (non-hydrogen) atoms. The molecule has 2 nitrogen and oxygen atoms in total.